The van der Waals surface area contributed by atoms with Gasteiger partial charge < -0.3 is 4.90 Å². The van der Waals surface area contributed by atoms with Crippen LogP contribution in [-0.4, -0.2) is 24.5 Å². The van der Waals surface area contributed by atoms with E-state index in [0.717, 1.165) is 17.9 Å². The average molecular weight is 155 g/mol. The highest BCUT2D eigenvalue weighted by molar-refractivity contribution is 4.81. The second-order valence-electron chi connectivity index (χ2n) is 4.56. The topological polar surface area (TPSA) is 3.24 Å². The van der Waals surface area contributed by atoms with E-state index in [0.29, 0.717) is 0 Å². The zero-order valence-electron chi connectivity index (χ0n) is 8.30. The molecule has 1 heteroatoms. The third kappa shape index (κ3) is 2.48. The molecule has 0 bridgehead atoms. The van der Waals surface area contributed by atoms with Crippen LogP contribution in [-0.2, 0) is 0 Å². The van der Waals surface area contributed by atoms with Gasteiger partial charge in [0.2, 0.25) is 0 Å². The van der Waals surface area contributed by atoms with Crippen LogP contribution in [0.25, 0.3) is 0 Å². The summed E-state index contributed by atoms with van der Waals surface area (Å²) in [6, 6.07) is 0.866. The smallest absolute Gasteiger partial charge is 0.00977 e. The second kappa shape index (κ2) is 3.57. The first-order valence-corrected chi connectivity index (χ1v) is 4.79. The number of nitrogens with zero attached hydrogens (tertiary/aromatic N) is 1. The molecular formula is C10H21N. The molecule has 1 nitrogen and oxygen atoms in total. The van der Waals surface area contributed by atoms with Gasteiger partial charge in [-0.25, -0.2) is 0 Å². The molecule has 0 spiro atoms. The van der Waals surface area contributed by atoms with Crippen LogP contribution < -0.4 is 0 Å². The Labute approximate surface area is 70.8 Å². The molecule has 0 aromatic carbocycles. The molecule has 2 atom stereocenters. The lowest BCUT2D eigenvalue weighted by atomic mass is 9.99. The molecule has 0 N–H and O–H groups in total. The van der Waals surface area contributed by atoms with Crippen LogP contribution in [0.5, 0.6) is 0 Å². The molecule has 0 unspecified atom stereocenters. The first-order chi connectivity index (χ1) is 5.09. The number of rotatable bonds is 2. The standard InChI is InChI=1S/C10H21N/c1-8(2)5-10-6-9(3)7-11(10)4/h8-10H,5-7H2,1-4H3/t9-,10-/m1/s1. The largest absolute Gasteiger partial charge is 0.303 e. The summed E-state index contributed by atoms with van der Waals surface area (Å²) in [5.41, 5.74) is 0. The second-order valence-corrected chi connectivity index (χ2v) is 4.56. The van der Waals surface area contributed by atoms with Crippen LogP contribution in [0.15, 0.2) is 0 Å². The SMILES string of the molecule is CC(C)C[C@@H]1C[C@@H](C)CN1C. The van der Waals surface area contributed by atoms with Gasteiger partial charge in [0.05, 0.1) is 0 Å². The minimum atomic E-state index is 0.854. The monoisotopic (exact) mass is 155 g/mol. The van der Waals surface area contributed by atoms with Gasteiger partial charge in [0.1, 0.15) is 0 Å². The zero-order chi connectivity index (χ0) is 8.43. The van der Waals surface area contributed by atoms with Crippen molar-refractivity contribution in [2.75, 3.05) is 13.6 Å². The molecule has 0 aromatic heterocycles. The van der Waals surface area contributed by atoms with E-state index in [9.17, 15) is 0 Å². The lowest BCUT2D eigenvalue weighted by Crippen LogP contribution is -2.26. The maximum Gasteiger partial charge on any atom is 0.00977 e. The van der Waals surface area contributed by atoms with Crippen LogP contribution in [0.1, 0.15) is 33.6 Å². The van der Waals surface area contributed by atoms with Gasteiger partial charge in [0.15, 0.2) is 0 Å². The Bertz CT molecular complexity index is 120. The fraction of sp³-hybridized carbons (Fsp3) is 1.00. The van der Waals surface area contributed by atoms with Crippen LogP contribution in [0.2, 0.25) is 0 Å². The van der Waals surface area contributed by atoms with Crippen molar-refractivity contribution >= 4 is 0 Å². The van der Waals surface area contributed by atoms with Crippen LogP contribution in [0.4, 0.5) is 0 Å². The van der Waals surface area contributed by atoms with Gasteiger partial charge in [-0.3, -0.25) is 0 Å². The molecule has 0 aromatic rings. The lowest BCUT2D eigenvalue weighted by Gasteiger charge is -2.20. The normalized spacial score (nSPS) is 33.5. The van der Waals surface area contributed by atoms with Gasteiger partial charge in [-0.05, 0) is 31.7 Å². The van der Waals surface area contributed by atoms with E-state index >= 15 is 0 Å². The molecule has 1 fully saturated rings. The molecule has 66 valence electrons. The summed E-state index contributed by atoms with van der Waals surface area (Å²) < 4.78 is 0. The van der Waals surface area contributed by atoms with Crippen LogP contribution in [0.3, 0.4) is 0 Å². The number of hydrogen-bond donors (Lipinski definition) is 0. The van der Waals surface area contributed by atoms with Crippen molar-refractivity contribution in [3.8, 4) is 0 Å². The van der Waals surface area contributed by atoms with Crippen molar-refractivity contribution in [1.82, 2.24) is 4.90 Å². The predicted octanol–water partition coefficient (Wildman–Crippen LogP) is 2.37. The van der Waals surface area contributed by atoms with Gasteiger partial charge in [-0.15, -0.1) is 0 Å². The van der Waals surface area contributed by atoms with Crippen molar-refractivity contribution in [2.45, 2.75) is 39.7 Å². The Balaban J connectivity index is 2.34. The molecule has 1 aliphatic heterocycles. The highest BCUT2D eigenvalue weighted by atomic mass is 15.1. The highest BCUT2D eigenvalue weighted by Crippen LogP contribution is 2.25. The maximum absolute atomic E-state index is 2.52. The Morgan fingerprint density at radius 2 is 2.09 bits per heavy atom. The van der Waals surface area contributed by atoms with E-state index in [1.807, 2.05) is 0 Å². The molecule has 0 saturated carbocycles. The lowest BCUT2D eigenvalue weighted by molar-refractivity contribution is 0.271. The van der Waals surface area contributed by atoms with Gasteiger partial charge in [0, 0.05) is 12.6 Å². The van der Waals surface area contributed by atoms with Crippen LogP contribution in [0, 0.1) is 11.8 Å². The zero-order valence-corrected chi connectivity index (χ0v) is 8.30. The average Bonchev–Trinajstić information content (AvgIpc) is 2.09. The van der Waals surface area contributed by atoms with E-state index < -0.39 is 0 Å². The van der Waals surface area contributed by atoms with Crippen molar-refractivity contribution in [3.63, 3.8) is 0 Å². The van der Waals surface area contributed by atoms with E-state index in [-0.39, 0.29) is 0 Å². The molecule has 0 radical (unpaired) electrons. The Hall–Kier alpha value is -0.0400. The van der Waals surface area contributed by atoms with E-state index in [1.165, 1.54) is 19.4 Å². The van der Waals surface area contributed by atoms with Crippen LogP contribution >= 0.6 is 0 Å². The summed E-state index contributed by atoms with van der Waals surface area (Å²) in [4.78, 5) is 2.52. The minimum absolute atomic E-state index is 0.854. The van der Waals surface area contributed by atoms with Gasteiger partial charge >= 0.3 is 0 Å². The first-order valence-electron chi connectivity index (χ1n) is 4.79. The third-order valence-corrected chi connectivity index (χ3v) is 2.64. The summed E-state index contributed by atoms with van der Waals surface area (Å²) in [6.45, 7) is 8.29. The quantitative estimate of drug-likeness (QED) is 0.592. The van der Waals surface area contributed by atoms with Gasteiger partial charge in [-0.1, -0.05) is 20.8 Å². The Kier molecular flexibility index (Phi) is 2.94. The van der Waals surface area contributed by atoms with Gasteiger partial charge in [0.25, 0.3) is 0 Å². The molecule has 1 saturated heterocycles. The maximum atomic E-state index is 2.52. The summed E-state index contributed by atoms with van der Waals surface area (Å²) >= 11 is 0. The molecule has 0 aliphatic carbocycles. The van der Waals surface area contributed by atoms with Crippen molar-refractivity contribution in [3.05, 3.63) is 0 Å². The fourth-order valence-corrected chi connectivity index (χ4v) is 2.18. The summed E-state index contributed by atoms with van der Waals surface area (Å²) in [6.07, 6.45) is 2.79. The van der Waals surface area contributed by atoms with E-state index in [1.54, 1.807) is 0 Å². The third-order valence-electron chi connectivity index (χ3n) is 2.64. The molecule has 0 amide bonds. The molecular weight excluding hydrogens is 134 g/mol. The molecule has 1 heterocycles. The number of likely N-dealkylation sites (tertiary alicyclic amines) is 1. The summed E-state index contributed by atoms with van der Waals surface area (Å²) in [7, 11) is 2.26. The van der Waals surface area contributed by atoms with Crippen molar-refractivity contribution in [1.29, 1.82) is 0 Å². The van der Waals surface area contributed by atoms with Crippen molar-refractivity contribution in [2.24, 2.45) is 11.8 Å². The van der Waals surface area contributed by atoms with Crippen molar-refractivity contribution < 1.29 is 0 Å². The van der Waals surface area contributed by atoms with Gasteiger partial charge in [-0.2, -0.15) is 0 Å². The summed E-state index contributed by atoms with van der Waals surface area (Å²) in [5, 5.41) is 0. The highest BCUT2D eigenvalue weighted by Gasteiger charge is 2.26. The van der Waals surface area contributed by atoms with E-state index in [2.05, 4.69) is 32.7 Å². The summed E-state index contributed by atoms with van der Waals surface area (Å²) in [5.74, 6) is 1.77. The predicted molar refractivity (Wildman–Crippen MR) is 49.7 cm³/mol. The first kappa shape index (κ1) is 9.05. The fourth-order valence-electron chi connectivity index (χ4n) is 2.18. The van der Waals surface area contributed by atoms with E-state index in [4.69, 9.17) is 0 Å². The Morgan fingerprint density at radius 3 is 2.45 bits per heavy atom. The number of hydrogen-bond acceptors (Lipinski definition) is 1. The Morgan fingerprint density at radius 1 is 1.45 bits per heavy atom. The minimum Gasteiger partial charge on any atom is -0.303 e. The molecule has 1 aliphatic rings. The molecule has 11 heavy (non-hydrogen) atoms. The molecule has 1 rings (SSSR count).